The molecule has 1 saturated heterocycles. The predicted octanol–water partition coefficient (Wildman–Crippen LogP) is 2.62. The Kier molecular flexibility index (Phi) is 4.45. The minimum absolute atomic E-state index is 0.243. The Bertz CT molecular complexity index is 348. The molecule has 1 aliphatic heterocycles. The largest absolute Gasteiger partial charge is 0.531 e. The van der Waals surface area contributed by atoms with Crippen LogP contribution >= 0.6 is 0 Å². The van der Waals surface area contributed by atoms with Gasteiger partial charge in [0.2, 0.25) is 6.29 Å². The molecule has 19 heavy (non-hydrogen) atoms. The Morgan fingerprint density at radius 2 is 1.53 bits per heavy atom. The van der Waals surface area contributed by atoms with Gasteiger partial charge in [0, 0.05) is 13.8 Å². The highest BCUT2D eigenvalue weighted by atomic mass is 16.9. The van der Waals surface area contributed by atoms with Crippen molar-refractivity contribution < 1.29 is 23.9 Å². The van der Waals surface area contributed by atoms with Crippen LogP contribution in [0.2, 0.25) is 0 Å². The summed E-state index contributed by atoms with van der Waals surface area (Å²) in [5.41, 5.74) is -0.486. The maximum Gasteiger partial charge on any atom is 0.531 e. The summed E-state index contributed by atoms with van der Waals surface area (Å²) >= 11 is 0. The lowest BCUT2D eigenvalue weighted by atomic mass is 10.0. The third-order valence-corrected chi connectivity index (χ3v) is 3.21. The van der Waals surface area contributed by atoms with E-state index in [2.05, 4.69) is 0 Å². The summed E-state index contributed by atoms with van der Waals surface area (Å²) in [6.07, 6.45) is 0.0233. The number of nitrogens with zero attached hydrogens (tertiary/aromatic N) is 1. The van der Waals surface area contributed by atoms with Gasteiger partial charge in [0.05, 0.1) is 11.1 Å². The van der Waals surface area contributed by atoms with Crippen LogP contribution in [0, 0.1) is 0 Å². The molecule has 0 amide bonds. The fourth-order valence-corrected chi connectivity index (χ4v) is 2.37. The lowest BCUT2D eigenvalue weighted by Gasteiger charge is -2.37. The SMILES string of the molecule is CC(=O)OC(C)OC(=O)ON1C(C)(C)CCC1(C)C. The quantitative estimate of drug-likeness (QED) is 0.581. The third kappa shape index (κ3) is 4.09. The van der Waals surface area contributed by atoms with Gasteiger partial charge >= 0.3 is 12.1 Å². The molecule has 1 unspecified atom stereocenters. The van der Waals surface area contributed by atoms with Crippen LogP contribution in [-0.4, -0.2) is 34.6 Å². The first-order chi connectivity index (χ1) is 8.54. The van der Waals surface area contributed by atoms with E-state index in [-0.39, 0.29) is 11.1 Å². The molecule has 1 rings (SSSR count). The van der Waals surface area contributed by atoms with Crippen LogP contribution in [0.3, 0.4) is 0 Å². The molecule has 0 aromatic heterocycles. The van der Waals surface area contributed by atoms with Crippen molar-refractivity contribution in [2.24, 2.45) is 0 Å². The molecule has 6 nitrogen and oxygen atoms in total. The molecule has 0 spiro atoms. The van der Waals surface area contributed by atoms with Crippen LogP contribution in [0.4, 0.5) is 4.79 Å². The molecule has 1 fully saturated rings. The van der Waals surface area contributed by atoms with Crippen LogP contribution in [0.15, 0.2) is 0 Å². The molecule has 1 atom stereocenters. The van der Waals surface area contributed by atoms with E-state index in [1.807, 2.05) is 27.7 Å². The minimum Gasteiger partial charge on any atom is -0.426 e. The average molecular weight is 273 g/mol. The summed E-state index contributed by atoms with van der Waals surface area (Å²) in [5, 5.41) is 1.66. The van der Waals surface area contributed by atoms with Gasteiger partial charge in [0.15, 0.2) is 0 Å². The predicted molar refractivity (Wildman–Crippen MR) is 68.0 cm³/mol. The highest BCUT2D eigenvalue weighted by Crippen LogP contribution is 2.40. The first kappa shape index (κ1) is 15.8. The molecular weight excluding hydrogens is 250 g/mol. The Morgan fingerprint density at radius 3 is 1.95 bits per heavy atom. The van der Waals surface area contributed by atoms with E-state index in [4.69, 9.17) is 14.3 Å². The molecule has 0 saturated carbocycles. The summed E-state index contributed by atoms with van der Waals surface area (Å²) in [6, 6.07) is 0. The first-order valence-corrected chi connectivity index (χ1v) is 6.41. The van der Waals surface area contributed by atoms with Crippen LogP contribution in [0.25, 0.3) is 0 Å². The summed E-state index contributed by atoms with van der Waals surface area (Å²) in [4.78, 5) is 27.7. The normalized spacial score (nSPS) is 22.6. The molecule has 1 aliphatic rings. The van der Waals surface area contributed by atoms with Crippen molar-refractivity contribution in [1.29, 1.82) is 0 Å². The topological polar surface area (TPSA) is 65.1 Å². The van der Waals surface area contributed by atoms with Crippen molar-refractivity contribution in [3.63, 3.8) is 0 Å². The molecule has 0 aromatic carbocycles. The fraction of sp³-hybridized carbons (Fsp3) is 0.846. The molecule has 0 radical (unpaired) electrons. The number of hydroxylamine groups is 2. The highest BCUT2D eigenvalue weighted by Gasteiger charge is 2.48. The van der Waals surface area contributed by atoms with Gasteiger partial charge in [-0.2, -0.15) is 0 Å². The van der Waals surface area contributed by atoms with E-state index < -0.39 is 18.4 Å². The lowest BCUT2D eigenvalue weighted by molar-refractivity contribution is -0.223. The van der Waals surface area contributed by atoms with E-state index >= 15 is 0 Å². The van der Waals surface area contributed by atoms with Gasteiger partial charge in [-0.3, -0.25) is 4.79 Å². The van der Waals surface area contributed by atoms with E-state index in [0.717, 1.165) is 12.8 Å². The summed E-state index contributed by atoms with van der Waals surface area (Å²) < 4.78 is 9.57. The second-order valence-electron chi connectivity index (χ2n) is 6.06. The van der Waals surface area contributed by atoms with Crippen molar-refractivity contribution in [2.45, 2.75) is 71.8 Å². The molecule has 110 valence electrons. The number of hydrogen-bond acceptors (Lipinski definition) is 6. The Hall–Kier alpha value is -1.30. The Morgan fingerprint density at radius 1 is 1.05 bits per heavy atom. The molecular formula is C13H23NO5. The standard InChI is InChI=1S/C13H23NO5/c1-9(15)17-10(2)18-11(16)19-14-12(3,4)7-8-13(14,5)6/h10H,7-8H2,1-6H3. The van der Waals surface area contributed by atoms with E-state index in [1.54, 1.807) is 5.06 Å². The maximum atomic E-state index is 11.7. The molecule has 6 heteroatoms. The zero-order valence-electron chi connectivity index (χ0n) is 12.5. The van der Waals surface area contributed by atoms with Gasteiger partial charge < -0.3 is 14.3 Å². The number of carbonyl (C=O) groups excluding carboxylic acids is 2. The molecule has 0 N–H and O–H groups in total. The second-order valence-corrected chi connectivity index (χ2v) is 6.06. The van der Waals surface area contributed by atoms with Gasteiger partial charge in [-0.25, -0.2) is 4.79 Å². The van der Waals surface area contributed by atoms with Crippen molar-refractivity contribution in [3.05, 3.63) is 0 Å². The van der Waals surface area contributed by atoms with Gasteiger partial charge in [0.1, 0.15) is 0 Å². The number of rotatable bonds is 3. The molecule has 0 aromatic rings. The van der Waals surface area contributed by atoms with Gasteiger partial charge in [-0.05, 0) is 40.5 Å². The monoisotopic (exact) mass is 273 g/mol. The van der Waals surface area contributed by atoms with Gasteiger partial charge in [0.25, 0.3) is 0 Å². The van der Waals surface area contributed by atoms with Crippen LogP contribution in [0.1, 0.15) is 54.4 Å². The number of hydrogen-bond donors (Lipinski definition) is 0. The van der Waals surface area contributed by atoms with Gasteiger partial charge in [-0.1, -0.05) is 0 Å². The summed E-state index contributed by atoms with van der Waals surface area (Å²) in [5.74, 6) is -0.512. The molecule has 0 bridgehead atoms. The van der Waals surface area contributed by atoms with Crippen molar-refractivity contribution >= 4 is 12.1 Å². The molecule has 0 aliphatic carbocycles. The number of ether oxygens (including phenoxy) is 2. The van der Waals surface area contributed by atoms with E-state index in [9.17, 15) is 9.59 Å². The minimum atomic E-state index is -0.959. The first-order valence-electron chi connectivity index (χ1n) is 6.41. The lowest BCUT2D eigenvalue weighted by Crippen LogP contribution is -2.49. The van der Waals surface area contributed by atoms with Crippen LogP contribution in [-0.2, 0) is 19.1 Å². The second kappa shape index (κ2) is 5.36. The summed E-state index contributed by atoms with van der Waals surface area (Å²) in [6.45, 7) is 10.7. The van der Waals surface area contributed by atoms with Crippen LogP contribution < -0.4 is 0 Å². The van der Waals surface area contributed by atoms with Crippen molar-refractivity contribution in [2.75, 3.05) is 0 Å². The van der Waals surface area contributed by atoms with Crippen molar-refractivity contribution in [1.82, 2.24) is 5.06 Å². The maximum absolute atomic E-state index is 11.7. The highest BCUT2D eigenvalue weighted by molar-refractivity contribution is 5.66. The van der Waals surface area contributed by atoms with Crippen molar-refractivity contribution in [3.8, 4) is 0 Å². The van der Waals surface area contributed by atoms with Crippen LogP contribution in [0.5, 0.6) is 0 Å². The Labute approximate surface area is 113 Å². The zero-order valence-corrected chi connectivity index (χ0v) is 12.5. The fourth-order valence-electron chi connectivity index (χ4n) is 2.37. The van der Waals surface area contributed by atoms with E-state index in [1.165, 1.54) is 13.8 Å². The van der Waals surface area contributed by atoms with Gasteiger partial charge in [-0.15, -0.1) is 5.06 Å². The average Bonchev–Trinajstić information content (AvgIpc) is 2.40. The van der Waals surface area contributed by atoms with E-state index in [0.29, 0.717) is 0 Å². The Balaban J connectivity index is 2.58. The number of esters is 1. The zero-order chi connectivity index (χ0) is 14.8. The molecule has 1 heterocycles. The smallest absolute Gasteiger partial charge is 0.426 e. The number of carbonyl (C=O) groups is 2. The third-order valence-electron chi connectivity index (χ3n) is 3.21. The summed E-state index contributed by atoms with van der Waals surface area (Å²) in [7, 11) is 0.